The second kappa shape index (κ2) is 3.76. The van der Waals surface area contributed by atoms with Crippen molar-refractivity contribution >= 4 is 5.97 Å². The van der Waals surface area contributed by atoms with Crippen molar-refractivity contribution in [2.24, 2.45) is 0 Å². The normalized spacial score (nSPS) is 18.1. The summed E-state index contributed by atoms with van der Waals surface area (Å²) >= 11 is 0. The minimum absolute atomic E-state index is 0.0446. The van der Waals surface area contributed by atoms with Gasteiger partial charge in [0.05, 0.1) is 6.54 Å². The topological polar surface area (TPSA) is 62.5 Å². The predicted molar refractivity (Wildman–Crippen MR) is 50.5 cm³/mol. The van der Waals surface area contributed by atoms with E-state index in [2.05, 4.69) is 5.32 Å². The number of carboxylic acid groups (broad SMARTS) is 1. The van der Waals surface area contributed by atoms with Gasteiger partial charge in [-0.3, -0.25) is 5.32 Å². The fourth-order valence-corrected chi connectivity index (χ4v) is 1.53. The number of aromatic carboxylic acids is 1. The highest BCUT2D eigenvalue weighted by atomic mass is 19.4. The first-order chi connectivity index (χ1) is 7.84. The van der Waals surface area contributed by atoms with Crippen molar-refractivity contribution in [1.29, 1.82) is 0 Å². The van der Waals surface area contributed by atoms with Crippen LogP contribution in [0.1, 0.15) is 29.2 Å². The third kappa shape index (κ3) is 2.28. The van der Waals surface area contributed by atoms with Crippen molar-refractivity contribution in [2.45, 2.75) is 31.1 Å². The lowest BCUT2D eigenvalue weighted by Gasteiger charge is -2.19. The molecule has 0 aromatic carbocycles. The largest absolute Gasteiger partial charge is 0.475 e. The van der Waals surface area contributed by atoms with E-state index >= 15 is 0 Å². The zero-order valence-corrected chi connectivity index (χ0v) is 8.67. The highest BCUT2D eigenvalue weighted by Crippen LogP contribution is 2.49. The fourth-order valence-electron chi connectivity index (χ4n) is 1.53. The van der Waals surface area contributed by atoms with Crippen LogP contribution in [0.4, 0.5) is 13.2 Å². The summed E-state index contributed by atoms with van der Waals surface area (Å²) in [4.78, 5) is 10.5. The Morgan fingerprint density at radius 2 is 2.12 bits per heavy atom. The zero-order chi connectivity index (χ0) is 12.7. The Balaban J connectivity index is 1.96. The molecule has 1 fully saturated rings. The van der Waals surface area contributed by atoms with E-state index in [-0.39, 0.29) is 30.9 Å². The Bertz CT molecular complexity index is 434. The number of hydrogen-bond donors (Lipinski definition) is 2. The molecular weight excluding hydrogens is 239 g/mol. The maximum absolute atomic E-state index is 12.5. The van der Waals surface area contributed by atoms with E-state index in [9.17, 15) is 18.0 Å². The molecule has 0 radical (unpaired) electrons. The second-order valence-electron chi connectivity index (χ2n) is 4.00. The van der Waals surface area contributed by atoms with Gasteiger partial charge in [-0.05, 0) is 25.0 Å². The maximum Gasteiger partial charge on any atom is 0.406 e. The lowest BCUT2D eigenvalue weighted by molar-refractivity contribution is -0.166. The Hall–Kier alpha value is -1.50. The molecule has 17 heavy (non-hydrogen) atoms. The number of carbonyl (C=O) groups is 1. The van der Waals surface area contributed by atoms with Crippen LogP contribution < -0.4 is 5.32 Å². The summed E-state index contributed by atoms with van der Waals surface area (Å²) in [6.07, 6.45) is -4.19. The first-order valence-electron chi connectivity index (χ1n) is 4.98. The van der Waals surface area contributed by atoms with Crippen LogP contribution in [0.3, 0.4) is 0 Å². The van der Waals surface area contributed by atoms with Gasteiger partial charge in [-0.15, -0.1) is 0 Å². The average molecular weight is 249 g/mol. The zero-order valence-electron chi connectivity index (χ0n) is 8.67. The molecule has 0 saturated heterocycles. The van der Waals surface area contributed by atoms with Gasteiger partial charge in [0, 0.05) is 0 Å². The van der Waals surface area contributed by atoms with Crippen molar-refractivity contribution in [3.63, 3.8) is 0 Å². The van der Waals surface area contributed by atoms with Gasteiger partial charge in [-0.25, -0.2) is 4.79 Å². The number of rotatable bonds is 4. The fraction of sp³-hybridized carbons (Fsp3) is 0.500. The van der Waals surface area contributed by atoms with Crippen molar-refractivity contribution in [3.8, 4) is 0 Å². The smallest absolute Gasteiger partial charge is 0.406 e. The quantitative estimate of drug-likeness (QED) is 0.858. The highest BCUT2D eigenvalue weighted by Gasteiger charge is 2.63. The van der Waals surface area contributed by atoms with E-state index in [1.807, 2.05) is 0 Å². The first kappa shape index (κ1) is 12.0. The minimum atomic E-state index is -4.28. The molecule has 0 amide bonds. The first-order valence-corrected chi connectivity index (χ1v) is 4.98. The van der Waals surface area contributed by atoms with Crippen LogP contribution in [0.25, 0.3) is 0 Å². The molecule has 0 atom stereocenters. The average Bonchev–Trinajstić information content (AvgIpc) is 2.86. The van der Waals surface area contributed by atoms with E-state index in [0.29, 0.717) is 0 Å². The Kier molecular flexibility index (Phi) is 2.65. The van der Waals surface area contributed by atoms with Gasteiger partial charge in [-0.1, -0.05) is 0 Å². The standard InChI is InChI=1S/C10H10F3NO3/c11-10(12,13)9(3-4-9)14-5-6-1-2-7(17-6)8(15)16/h1-2,14H,3-5H2,(H,15,16). The summed E-state index contributed by atoms with van der Waals surface area (Å²) < 4.78 is 42.5. The van der Waals surface area contributed by atoms with Crippen LogP contribution in [0.5, 0.6) is 0 Å². The number of halogens is 3. The van der Waals surface area contributed by atoms with Crippen LogP contribution in [-0.2, 0) is 6.54 Å². The lowest BCUT2D eigenvalue weighted by atomic mass is 10.2. The summed E-state index contributed by atoms with van der Waals surface area (Å²) in [6.45, 7) is -0.132. The third-order valence-electron chi connectivity index (χ3n) is 2.77. The molecule has 2 N–H and O–H groups in total. The molecule has 1 aromatic rings. The number of furan rings is 1. The van der Waals surface area contributed by atoms with Crippen molar-refractivity contribution in [3.05, 3.63) is 23.7 Å². The Morgan fingerprint density at radius 1 is 1.47 bits per heavy atom. The number of hydrogen-bond acceptors (Lipinski definition) is 3. The minimum Gasteiger partial charge on any atom is -0.475 e. The molecule has 1 aliphatic rings. The molecular formula is C10H10F3NO3. The van der Waals surface area contributed by atoms with Crippen LogP contribution in [-0.4, -0.2) is 22.8 Å². The van der Waals surface area contributed by atoms with E-state index in [0.717, 1.165) is 0 Å². The van der Waals surface area contributed by atoms with Gasteiger partial charge in [0.2, 0.25) is 5.76 Å². The molecule has 1 saturated carbocycles. The van der Waals surface area contributed by atoms with Gasteiger partial charge in [0.1, 0.15) is 11.3 Å². The van der Waals surface area contributed by atoms with Gasteiger partial charge in [0.15, 0.2) is 0 Å². The van der Waals surface area contributed by atoms with Crippen molar-refractivity contribution < 1.29 is 27.5 Å². The van der Waals surface area contributed by atoms with Gasteiger partial charge < -0.3 is 9.52 Å². The summed E-state index contributed by atoms with van der Waals surface area (Å²) in [6, 6.07) is 2.56. The predicted octanol–water partition coefficient (Wildman–Crippen LogP) is 2.16. The molecule has 1 heterocycles. The third-order valence-corrected chi connectivity index (χ3v) is 2.77. The number of nitrogens with one attached hydrogen (secondary N) is 1. The van der Waals surface area contributed by atoms with E-state index in [4.69, 9.17) is 9.52 Å². The van der Waals surface area contributed by atoms with Crippen LogP contribution >= 0.6 is 0 Å². The Morgan fingerprint density at radius 3 is 2.53 bits per heavy atom. The lowest BCUT2D eigenvalue weighted by Crippen LogP contribution is -2.44. The second-order valence-corrected chi connectivity index (χ2v) is 4.00. The molecule has 4 nitrogen and oxygen atoms in total. The monoisotopic (exact) mass is 249 g/mol. The molecule has 0 spiro atoms. The van der Waals surface area contributed by atoms with Crippen LogP contribution in [0.15, 0.2) is 16.5 Å². The number of alkyl halides is 3. The van der Waals surface area contributed by atoms with E-state index < -0.39 is 17.7 Å². The van der Waals surface area contributed by atoms with Crippen molar-refractivity contribution in [2.75, 3.05) is 0 Å². The summed E-state index contributed by atoms with van der Waals surface area (Å²) in [5.74, 6) is -1.34. The molecule has 0 bridgehead atoms. The van der Waals surface area contributed by atoms with E-state index in [1.165, 1.54) is 12.1 Å². The Labute approximate surface area is 94.4 Å². The molecule has 1 aromatic heterocycles. The SMILES string of the molecule is O=C(O)c1ccc(CNC2(C(F)(F)F)CC2)o1. The summed E-state index contributed by atoms with van der Waals surface area (Å²) in [5, 5.41) is 10.9. The molecule has 2 rings (SSSR count). The summed E-state index contributed by atoms with van der Waals surface area (Å²) in [7, 11) is 0. The van der Waals surface area contributed by atoms with Gasteiger partial charge in [0.25, 0.3) is 0 Å². The molecule has 0 aliphatic heterocycles. The maximum atomic E-state index is 12.5. The van der Waals surface area contributed by atoms with Crippen LogP contribution in [0, 0.1) is 0 Å². The number of carboxylic acids is 1. The van der Waals surface area contributed by atoms with E-state index in [1.54, 1.807) is 0 Å². The molecule has 94 valence electrons. The summed E-state index contributed by atoms with van der Waals surface area (Å²) in [5.41, 5.74) is -1.82. The van der Waals surface area contributed by atoms with Crippen molar-refractivity contribution in [1.82, 2.24) is 5.32 Å². The van der Waals surface area contributed by atoms with Gasteiger partial charge in [-0.2, -0.15) is 13.2 Å². The molecule has 1 aliphatic carbocycles. The molecule has 0 unspecified atom stereocenters. The highest BCUT2D eigenvalue weighted by molar-refractivity contribution is 5.84. The molecule has 7 heteroatoms. The van der Waals surface area contributed by atoms with Gasteiger partial charge >= 0.3 is 12.1 Å². The van der Waals surface area contributed by atoms with Crippen LogP contribution in [0.2, 0.25) is 0 Å².